The Kier molecular flexibility index (Phi) is 6.57. The van der Waals surface area contributed by atoms with Crippen LogP contribution < -0.4 is 15.0 Å². The summed E-state index contributed by atoms with van der Waals surface area (Å²) in [6.45, 7) is 0.106. The lowest BCUT2D eigenvalue weighted by molar-refractivity contribution is -0.142. The van der Waals surface area contributed by atoms with Crippen molar-refractivity contribution in [2.45, 2.75) is 50.9 Å². The van der Waals surface area contributed by atoms with Gasteiger partial charge in [0.15, 0.2) is 17.6 Å². The first-order valence-corrected chi connectivity index (χ1v) is 10.7. The quantitative estimate of drug-likeness (QED) is 0.500. The van der Waals surface area contributed by atoms with Crippen molar-refractivity contribution < 1.29 is 23.9 Å². The number of nitriles is 1. The smallest absolute Gasteiger partial charge is 0.261 e. The van der Waals surface area contributed by atoms with Crippen LogP contribution in [0, 0.1) is 11.3 Å². The maximum Gasteiger partial charge on any atom is 0.261 e. The number of amides is 2. The average Bonchev–Trinajstić information content (AvgIpc) is 3.41. The van der Waals surface area contributed by atoms with E-state index < -0.39 is 12.0 Å². The van der Waals surface area contributed by atoms with Gasteiger partial charge in [0, 0.05) is 6.07 Å². The summed E-state index contributed by atoms with van der Waals surface area (Å²) in [4.78, 5) is 31.8. The van der Waals surface area contributed by atoms with Crippen LogP contribution in [0.4, 0.5) is 5.69 Å². The largest absolute Gasteiger partial charge is 0.493 e. The topological polar surface area (TPSA) is 101 Å². The van der Waals surface area contributed by atoms with E-state index in [4.69, 9.17) is 19.6 Å². The second-order valence-corrected chi connectivity index (χ2v) is 7.93. The number of benzene rings is 2. The van der Waals surface area contributed by atoms with Gasteiger partial charge in [-0.15, -0.1) is 0 Å². The molecule has 4 rings (SSSR count). The van der Waals surface area contributed by atoms with Gasteiger partial charge in [-0.2, -0.15) is 5.26 Å². The van der Waals surface area contributed by atoms with Gasteiger partial charge in [-0.1, -0.05) is 12.1 Å². The van der Waals surface area contributed by atoms with Gasteiger partial charge in [0.25, 0.3) is 5.91 Å². The third-order valence-corrected chi connectivity index (χ3v) is 5.68. The number of nitrogens with one attached hydrogen (secondary N) is 1. The number of likely N-dealkylation sites (tertiary alicyclic amines) is 1. The van der Waals surface area contributed by atoms with E-state index in [9.17, 15) is 9.59 Å². The molecule has 0 spiro atoms. The molecule has 8 heteroatoms. The highest BCUT2D eigenvalue weighted by Gasteiger charge is 2.40. The van der Waals surface area contributed by atoms with Crippen LogP contribution in [-0.2, 0) is 21.0 Å². The predicted octanol–water partition coefficient (Wildman–Crippen LogP) is 3.56. The van der Waals surface area contributed by atoms with Gasteiger partial charge in [0.05, 0.1) is 43.5 Å². The normalized spacial score (nSPS) is 18.6. The Balaban J connectivity index is 1.38. The van der Waals surface area contributed by atoms with E-state index in [-0.39, 0.29) is 25.0 Å². The molecule has 0 aromatic heterocycles. The lowest BCUT2D eigenvalue weighted by atomic mass is 10.1. The number of hydrogen-bond donors (Lipinski definition) is 1. The summed E-state index contributed by atoms with van der Waals surface area (Å²) in [5.74, 6) is 0.506. The van der Waals surface area contributed by atoms with E-state index >= 15 is 0 Å². The molecule has 1 heterocycles. The summed E-state index contributed by atoms with van der Waals surface area (Å²) >= 11 is 0. The Labute approximate surface area is 186 Å². The average molecular weight is 435 g/mol. The van der Waals surface area contributed by atoms with Crippen LogP contribution in [0.3, 0.4) is 0 Å². The summed E-state index contributed by atoms with van der Waals surface area (Å²) in [6, 6.07) is 14.2. The monoisotopic (exact) mass is 435 g/mol. The molecule has 2 aromatic rings. The number of imide groups is 1. The minimum absolute atomic E-state index is 0.0502. The summed E-state index contributed by atoms with van der Waals surface area (Å²) in [6.07, 6.45) is 3.54. The second-order valence-electron chi connectivity index (χ2n) is 7.93. The van der Waals surface area contributed by atoms with E-state index in [0.717, 1.165) is 30.6 Å². The van der Waals surface area contributed by atoms with Crippen LogP contribution in [0.2, 0.25) is 0 Å². The summed E-state index contributed by atoms with van der Waals surface area (Å²) in [5.41, 5.74) is 4.56. The van der Waals surface area contributed by atoms with Crippen molar-refractivity contribution in [3.05, 3.63) is 53.6 Å². The number of ether oxygens (including phenoxy) is 2. The molecule has 32 heavy (non-hydrogen) atoms. The van der Waals surface area contributed by atoms with Crippen molar-refractivity contribution >= 4 is 17.5 Å². The zero-order valence-electron chi connectivity index (χ0n) is 17.9. The minimum atomic E-state index is -0.928. The fourth-order valence-electron chi connectivity index (χ4n) is 3.99. The summed E-state index contributed by atoms with van der Waals surface area (Å²) in [5, 5.41) is 9.04. The highest BCUT2D eigenvalue weighted by atomic mass is 16.7. The SMILES string of the molecule is COc1ccc(NOC2CC(=O)N(Cc3cccc(C#N)c3)C2=O)cc1OC1CCCC1. The Hall–Kier alpha value is -3.57. The molecule has 1 aliphatic heterocycles. The van der Waals surface area contributed by atoms with Crippen molar-refractivity contribution in [1.29, 1.82) is 5.26 Å². The molecule has 8 nitrogen and oxygen atoms in total. The van der Waals surface area contributed by atoms with Crippen molar-refractivity contribution in [3.63, 3.8) is 0 Å². The molecule has 1 aliphatic carbocycles. The van der Waals surface area contributed by atoms with Crippen LogP contribution in [0.15, 0.2) is 42.5 Å². The van der Waals surface area contributed by atoms with Gasteiger partial charge in [0.1, 0.15) is 0 Å². The lowest BCUT2D eigenvalue weighted by Crippen LogP contribution is -2.33. The number of nitrogens with zero attached hydrogens (tertiary/aromatic N) is 2. The Morgan fingerprint density at radius 2 is 1.94 bits per heavy atom. The number of methoxy groups -OCH3 is 1. The number of hydrogen-bond acceptors (Lipinski definition) is 7. The first-order valence-electron chi connectivity index (χ1n) is 10.7. The van der Waals surface area contributed by atoms with Gasteiger partial charge in [0.2, 0.25) is 5.91 Å². The molecule has 166 valence electrons. The van der Waals surface area contributed by atoms with E-state index in [1.165, 1.54) is 0 Å². The molecule has 1 unspecified atom stereocenters. The number of rotatable bonds is 8. The van der Waals surface area contributed by atoms with Crippen molar-refractivity contribution in [3.8, 4) is 17.6 Å². The zero-order chi connectivity index (χ0) is 22.5. The molecule has 1 saturated heterocycles. The fraction of sp³-hybridized carbons (Fsp3) is 0.375. The highest BCUT2D eigenvalue weighted by Crippen LogP contribution is 2.34. The third-order valence-electron chi connectivity index (χ3n) is 5.68. The molecule has 0 bridgehead atoms. The molecular weight excluding hydrogens is 410 g/mol. The van der Waals surface area contributed by atoms with Crippen LogP contribution >= 0.6 is 0 Å². The second kappa shape index (κ2) is 9.71. The molecule has 2 aliphatic rings. The Morgan fingerprint density at radius 1 is 1.12 bits per heavy atom. The van der Waals surface area contributed by atoms with E-state index in [0.29, 0.717) is 28.3 Å². The maximum atomic E-state index is 12.7. The standard InChI is InChI=1S/C24H25N3O5/c1-30-20-10-9-18(12-21(20)31-19-7-2-3-8-19)26-32-22-13-23(28)27(24(22)29)15-17-6-4-5-16(11-17)14-25/h4-6,9-12,19,22,26H,2-3,7-8,13,15H2,1H3. The summed E-state index contributed by atoms with van der Waals surface area (Å²) < 4.78 is 11.5. The van der Waals surface area contributed by atoms with Crippen molar-refractivity contribution in [2.75, 3.05) is 12.6 Å². The molecule has 1 saturated carbocycles. The molecule has 2 amide bonds. The van der Waals surface area contributed by atoms with Crippen LogP contribution in [0.1, 0.15) is 43.2 Å². The van der Waals surface area contributed by atoms with E-state index in [1.807, 2.05) is 0 Å². The van der Waals surface area contributed by atoms with Gasteiger partial charge >= 0.3 is 0 Å². The highest BCUT2D eigenvalue weighted by molar-refractivity contribution is 6.05. The molecule has 2 aromatic carbocycles. The van der Waals surface area contributed by atoms with Crippen molar-refractivity contribution in [1.82, 2.24) is 4.90 Å². The molecule has 1 N–H and O–H groups in total. The van der Waals surface area contributed by atoms with Gasteiger partial charge < -0.3 is 9.47 Å². The molecule has 0 radical (unpaired) electrons. The Bertz CT molecular complexity index is 1040. The Morgan fingerprint density at radius 3 is 2.69 bits per heavy atom. The van der Waals surface area contributed by atoms with Crippen LogP contribution in [0.5, 0.6) is 11.5 Å². The third kappa shape index (κ3) is 4.84. The summed E-state index contributed by atoms with van der Waals surface area (Å²) in [7, 11) is 1.59. The first-order chi connectivity index (χ1) is 15.6. The van der Waals surface area contributed by atoms with Gasteiger partial charge in [-0.25, -0.2) is 0 Å². The molecule has 2 fully saturated rings. The maximum absolute atomic E-state index is 12.7. The zero-order valence-corrected chi connectivity index (χ0v) is 17.9. The lowest BCUT2D eigenvalue weighted by Gasteiger charge is -2.18. The van der Waals surface area contributed by atoms with Gasteiger partial charge in [-0.05, 0) is 55.5 Å². The number of carbonyl (C=O) groups excluding carboxylic acids is 2. The van der Waals surface area contributed by atoms with Crippen LogP contribution in [-0.4, -0.2) is 36.0 Å². The number of anilines is 1. The van der Waals surface area contributed by atoms with Gasteiger partial charge in [-0.3, -0.25) is 24.8 Å². The van der Waals surface area contributed by atoms with E-state index in [1.54, 1.807) is 49.6 Å². The predicted molar refractivity (Wildman–Crippen MR) is 116 cm³/mol. The minimum Gasteiger partial charge on any atom is -0.493 e. The molecule has 1 atom stereocenters. The van der Waals surface area contributed by atoms with Crippen LogP contribution in [0.25, 0.3) is 0 Å². The first kappa shape index (κ1) is 21.7. The molecular formula is C24H25N3O5. The van der Waals surface area contributed by atoms with E-state index in [2.05, 4.69) is 11.5 Å². The number of carbonyl (C=O) groups is 2. The van der Waals surface area contributed by atoms with Crippen molar-refractivity contribution in [2.24, 2.45) is 0 Å². The fourth-order valence-corrected chi connectivity index (χ4v) is 3.99.